The van der Waals surface area contributed by atoms with E-state index in [0.29, 0.717) is 18.8 Å². The number of nitrogens with zero attached hydrogens (tertiary/aromatic N) is 1. The van der Waals surface area contributed by atoms with Crippen LogP contribution in [0.4, 0.5) is 4.79 Å². The van der Waals surface area contributed by atoms with Crippen molar-refractivity contribution in [3.63, 3.8) is 0 Å². The maximum Gasteiger partial charge on any atom is 0.410 e. The molecule has 0 aromatic carbocycles. The van der Waals surface area contributed by atoms with E-state index in [-0.39, 0.29) is 17.4 Å². The summed E-state index contributed by atoms with van der Waals surface area (Å²) in [6.07, 6.45) is -0.280. The zero-order valence-corrected chi connectivity index (χ0v) is 11.0. The molecular weight excluding hydrogens is 234 g/mol. The highest BCUT2D eigenvalue weighted by molar-refractivity contribution is 7.80. The molecule has 1 aliphatic heterocycles. The van der Waals surface area contributed by atoms with Gasteiger partial charge >= 0.3 is 6.09 Å². The summed E-state index contributed by atoms with van der Waals surface area (Å²) in [7, 11) is 0. The van der Waals surface area contributed by atoms with Crippen LogP contribution in [-0.2, 0) is 4.74 Å². The van der Waals surface area contributed by atoms with Crippen molar-refractivity contribution in [2.24, 2.45) is 5.92 Å². The van der Waals surface area contributed by atoms with E-state index in [9.17, 15) is 4.79 Å². The minimum absolute atomic E-state index is 0.00461. The first-order valence-corrected chi connectivity index (χ1v) is 6.13. The number of likely N-dealkylation sites (tertiary alicyclic amines) is 1. The van der Waals surface area contributed by atoms with Gasteiger partial charge in [-0.15, -0.1) is 11.6 Å². The molecule has 1 rings (SSSR count). The fraction of sp³-hybridized carbons (Fsp3) is 0.900. The summed E-state index contributed by atoms with van der Waals surface area (Å²) in [5.41, 5.74) is -0.446. The van der Waals surface area contributed by atoms with Crippen LogP contribution < -0.4 is 0 Å². The molecule has 2 unspecified atom stereocenters. The zero-order valence-electron chi connectivity index (χ0n) is 9.36. The Bertz CT molecular complexity index is 242. The monoisotopic (exact) mass is 251 g/mol. The third kappa shape index (κ3) is 3.76. The number of hydrogen-bond acceptors (Lipinski definition) is 3. The van der Waals surface area contributed by atoms with Gasteiger partial charge in [-0.25, -0.2) is 4.79 Å². The molecule has 15 heavy (non-hydrogen) atoms. The summed E-state index contributed by atoms with van der Waals surface area (Å²) >= 11 is 10.3. The molecule has 0 saturated carbocycles. The Morgan fingerprint density at radius 3 is 2.53 bits per heavy atom. The molecule has 0 aromatic rings. The van der Waals surface area contributed by atoms with Crippen LogP contribution in [0.15, 0.2) is 0 Å². The highest BCUT2D eigenvalue weighted by Gasteiger charge is 2.35. The van der Waals surface area contributed by atoms with Crippen LogP contribution in [0.2, 0.25) is 0 Å². The Balaban J connectivity index is 2.50. The largest absolute Gasteiger partial charge is 0.444 e. The van der Waals surface area contributed by atoms with E-state index in [1.54, 1.807) is 4.90 Å². The predicted octanol–water partition coefficient (Wildman–Crippen LogP) is 2.39. The highest BCUT2D eigenvalue weighted by Crippen LogP contribution is 2.24. The molecule has 1 fully saturated rings. The van der Waals surface area contributed by atoms with E-state index in [2.05, 4.69) is 12.6 Å². The molecule has 0 N–H and O–H groups in total. The third-order valence-electron chi connectivity index (χ3n) is 2.25. The number of halogens is 1. The molecule has 0 spiro atoms. The van der Waals surface area contributed by atoms with Gasteiger partial charge in [0.1, 0.15) is 5.60 Å². The van der Waals surface area contributed by atoms with Gasteiger partial charge in [0.05, 0.1) is 5.38 Å². The lowest BCUT2D eigenvalue weighted by atomic mass is 10.1. The van der Waals surface area contributed by atoms with Crippen LogP contribution in [0.1, 0.15) is 20.8 Å². The maximum absolute atomic E-state index is 11.7. The second-order valence-corrected chi connectivity index (χ2v) is 5.77. The normalized spacial score (nSPS) is 26.9. The van der Waals surface area contributed by atoms with E-state index in [0.717, 1.165) is 0 Å². The Labute approximate surface area is 102 Å². The van der Waals surface area contributed by atoms with Crippen LogP contribution in [-0.4, -0.2) is 40.8 Å². The minimum Gasteiger partial charge on any atom is -0.444 e. The molecule has 1 aliphatic rings. The van der Waals surface area contributed by atoms with Gasteiger partial charge in [0.2, 0.25) is 0 Å². The van der Waals surface area contributed by atoms with E-state index >= 15 is 0 Å². The summed E-state index contributed by atoms with van der Waals surface area (Å²) < 4.78 is 5.27. The van der Waals surface area contributed by atoms with E-state index in [4.69, 9.17) is 16.3 Å². The van der Waals surface area contributed by atoms with Gasteiger partial charge in [0.15, 0.2) is 0 Å². The van der Waals surface area contributed by atoms with Gasteiger partial charge in [0.25, 0.3) is 0 Å². The number of rotatable bonds is 1. The van der Waals surface area contributed by atoms with Crippen molar-refractivity contribution >= 4 is 30.3 Å². The fourth-order valence-corrected chi connectivity index (χ4v) is 2.31. The molecule has 1 amide bonds. The topological polar surface area (TPSA) is 29.5 Å². The van der Waals surface area contributed by atoms with Crippen LogP contribution >= 0.6 is 24.2 Å². The molecule has 1 saturated heterocycles. The number of carbonyl (C=O) groups excluding carboxylic acids is 1. The van der Waals surface area contributed by atoms with Gasteiger partial charge in [-0.05, 0) is 26.5 Å². The third-order valence-corrected chi connectivity index (χ3v) is 3.21. The molecule has 0 bridgehead atoms. The van der Waals surface area contributed by atoms with Gasteiger partial charge < -0.3 is 9.64 Å². The first-order valence-electron chi connectivity index (χ1n) is 5.06. The lowest BCUT2D eigenvalue weighted by molar-refractivity contribution is 0.0290. The summed E-state index contributed by atoms with van der Waals surface area (Å²) in [5, 5.41) is -0.00461. The quantitative estimate of drug-likeness (QED) is 0.573. The number of thiol groups is 1. The maximum atomic E-state index is 11.7. The lowest BCUT2D eigenvalue weighted by Gasteiger charge is -2.24. The average Bonchev–Trinajstić information content (AvgIpc) is 2.43. The first-order chi connectivity index (χ1) is 6.83. The van der Waals surface area contributed by atoms with Crippen molar-refractivity contribution in [2.45, 2.75) is 31.7 Å². The Morgan fingerprint density at radius 2 is 2.13 bits per heavy atom. The average molecular weight is 252 g/mol. The minimum atomic E-state index is -0.446. The SMILES string of the molecule is CC(C)(C)OC(=O)N1CC(Cl)C(CS)C1. The van der Waals surface area contributed by atoms with Gasteiger partial charge in [-0.1, -0.05) is 0 Å². The van der Waals surface area contributed by atoms with Crippen molar-refractivity contribution in [2.75, 3.05) is 18.8 Å². The Kier molecular flexibility index (Phi) is 4.18. The Morgan fingerprint density at radius 1 is 1.53 bits per heavy atom. The lowest BCUT2D eigenvalue weighted by Crippen LogP contribution is -2.35. The molecular formula is C10H18ClNO2S. The Hall–Kier alpha value is -0.0900. The summed E-state index contributed by atoms with van der Waals surface area (Å²) in [5.74, 6) is 0.968. The standard InChI is InChI=1S/C10H18ClNO2S/c1-10(2,3)14-9(13)12-4-7(6-15)8(11)5-12/h7-8,15H,4-6H2,1-3H3. The molecule has 2 atom stereocenters. The zero-order chi connectivity index (χ0) is 11.6. The van der Waals surface area contributed by atoms with E-state index in [1.165, 1.54) is 0 Å². The van der Waals surface area contributed by atoms with Crippen molar-refractivity contribution < 1.29 is 9.53 Å². The molecule has 0 aromatic heterocycles. The van der Waals surface area contributed by atoms with Crippen molar-refractivity contribution in [1.82, 2.24) is 4.90 Å². The van der Waals surface area contributed by atoms with Crippen LogP contribution in [0.25, 0.3) is 0 Å². The second-order valence-electron chi connectivity index (χ2n) is 4.84. The van der Waals surface area contributed by atoms with E-state index < -0.39 is 5.60 Å². The highest BCUT2D eigenvalue weighted by atomic mass is 35.5. The predicted molar refractivity (Wildman–Crippen MR) is 64.8 cm³/mol. The van der Waals surface area contributed by atoms with Crippen molar-refractivity contribution in [1.29, 1.82) is 0 Å². The van der Waals surface area contributed by atoms with Gasteiger partial charge in [-0.3, -0.25) is 0 Å². The van der Waals surface area contributed by atoms with Crippen molar-refractivity contribution in [3.8, 4) is 0 Å². The molecule has 5 heteroatoms. The van der Waals surface area contributed by atoms with Gasteiger partial charge in [0, 0.05) is 19.0 Å². The molecule has 0 radical (unpaired) electrons. The van der Waals surface area contributed by atoms with Crippen molar-refractivity contribution in [3.05, 3.63) is 0 Å². The van der Waals surface area contributed by atoms with Gasteiger partial charge in [-0.2, -0.15) is 12.6 Å². The fourth-order valence-electron chi connectivity index (χ4n) is 1.48. The van der Waals surface area contributed by atoms with Crippen LogP contribution in [0.3, 0.4) is 0 Å². The molecule has 1 heterocycles. The number of alkyl halides is 1. The van der Waals surface area contributed by atoms with Crippen LogP contribution in [0.5, 0.6) is 0 Å². The molecule has 3 nitrogen and oxygen atoms in total. The molecule has 0 aliphatic carbocycles. The first kappa shape index (κ1) is 13.0. The summed E-state index contributed by atoms with van der Waals surface area (Å²) in [6.45, 7) is 6.77. The number of hydrogen-bond donors (Lipinski definition) is 1. The number of ether oxygens (including phenoxy) is 1. The molecule has 88 valence electrons. The number of carbonyl (C=O) groups is 1. The van der Waals surface area contributed by atoms with Crippen LogP contribution in [0, 0.1) is 5.92 Å². The smallest absolute Gasteiger partial charge is 0.410 e. The number of amides is 1. The van der Waals surface area contributed by atoms with E-state index in [1.807, 2.05) is 20.8 Å². The summed E-state index contributed by atoms with van der Waals surface area (Å²) in [4.78, 5) is 13.3. The summed E-state index contributed by atoms with van der Waals surface area (Å²) in [6, 6.07) is 0. The second kappa shape index (κ2) is 4.83.